The predicted molar refractivity (Wildman–Crippen MR) is 66.6 cm³/mol. The van der Waals surface area contributed by atoms with Gasteiger partial charge in [-0.05, 0) is 26.0 Å². The van der Waals surface area contributed by atoms with Crippen molar-refractivity contribution >= 4 is 9.84 Å². The van der Waals surface area contributed by atoms with Crippen molar-refractivity contribution in [3.63, 3.8) is 0 Å². The number of rotatable bonds is 3. The van der Waals surface area contributed by atoms with E-state index >= 15 is 0 Å². The molecule has 1 aliphatic heterocycles. The van der Waals surface area contributed by atoms with E-state index in [1.54, 1.807) is 38.1 Å². The van der Waals surface area contributed by atoms with E-state index in [1.165, 1.54) is 0 Å². The third kappa shape index (κ3) is 1.89. The molecule has 1 fully saturated rings. The Labute approximate surface area is 103 Å². The lowest BCUT2D eigenvalue weighted by atomic mass is 9.90. The lowest BCUT2D eigenvalue weighted by Crippen LogP contribution is -2.55. The van der Waals surface area contributed by atoms with Gasteiger partial charge < -0.3 is 4.74 Å². The fraction of sp³-hybridized carbons (Fsp3) is 0.538. The first-order chi connectivity index (χ1) is 7.87. The molecule has 0 saturated carbocycles. The van der Waals surface area contributed by atoms with Gasteiger partial charge in [0.25, 0.3) is 0 Å². The van der Waals surface area contributed by atoms with Crippen molar-refractivity contribution in [2.24, 2.45) is 5.92 Å². The van der Waals surface area contributed by atoms with Crippen molar-refractivity contribution < 1.29 is 13.2 Å². The number of hydrogen-bond donors (Lipinski definition) is 0. The van der Waals surface area contributed by atoms with E-state index in [9.17, 15) is 8.42 Å². The standard InChI is InChI=1S/C13H18O3S/c1-10-9-16-12(10)13(2,3)17(14,15)11-7-5-4-6-8-11/h4-8,10,12H,9H2,1-3H3/t10-,12-/m0/s1. The van der Waals surface area contributed by atoms with Gasteiger partial charge in [-0.2, -0.15) is 0 Å². The Kier molecular flexibility index (Phi) is 3.04. The maximum absolute atomic E-state index is 12.6. The highest BCUT2D eigenvalue weighted by Gasteiger charge is 2.49. The number of hydrogen-bond acceptors (Lipinski definition) is 3. The van der Waals surface area contributed by atoms with E-state index in [0.717, 1.165) is 0 Å². The Morgan fingerprint density at radius 2 is 1.82 bits per heavy atom. The van der Waals surface area contributed by atoms with Gasteiger partial charge in [-0.25, -0.2) is 8.42 Å². The molecule has 94 valence electrons. The molecule has 0 N–H and O–H groups in total. The molecule has 0 radical (unpaired) electrons. The van der Waals surface area contributed by atoms with Gasteiger partial charge in [-0.3, -0.25) is 0 Å². The number of benzene rings is 1. The minimum Gasteiger partial charge on any atom is -0.376 e. The smallest absolute Gasteiger partial charge is 0.186 e. The van der Waals surface area contributed by atoms with Gasteiger partial charge in [0.1, 0.15) is 0 Å². The summed E-state index contributed by atoms with van der Waals surface area (Å²) in [6.07, 6.45) is -0.215. The highest BCUT2D eigenvalue weighted by Crippen LogP contribution is 2.38. The molecular formula is C13H18O3S. The molecule has 1 heterocycles. The second kappa shape index (κ2) is 4.10. The van der Waals surface area contributed by atoms with Crippen LogP contribution in [0, 0.1) is 5.92 Å². The first kappa shape index (κ1) is 12.6. The van der Waals surface area contributed by atoms with Crippen LogP contribution in [0.4, 0.5) is 0 Å². The zero-order valence-corrected chi connectivity index (χ0v) is 11.2. The topological polar surface area (TPSA) is 43.4 Å². The van der Waals surface area contributed by atoms with Crippen molar-refractivity contribution in [2.45, 2.75) is 36.5 Å². The monoisotopic (exact) mass is 254 g/mol. The van der Waals surface area contributed by atoms with Crippen LogP contribution in [-0.2, 0) is 14.6 Å². The number of sulfone groups is 1. The van der Waals surface area contributed by atoms with Crippen LogP contribution >= 0.6 is 0 Å². The van der Waals surface area contributed by atoms with Gasteiger partial charge in [0.15, 0.2) is 9.84 Å². The van der Waals surface area contributed by atoms with Crippen molar-refractivity contribution in [1.82, 2.24) is 0 Å². The second-order valence-corrected chi connectivity index (χ2v) is 7.68. The molecule has 2 rings (SSSR count). The third-order valence-electron chi connectivity index (χ3n) is 3.49. The zero-order valence-electron chi connectivity index (χ0n) is 10.4. The molecule has 1 saturated heterocycles. The lowest BCUT2D eigenvalue weighted by Gasteiger charge is -2.44. The quantitative estimate of drug-likeness (QED) is 0.831. The van der Waals surface area contributed by atoms with E-state index in [0.29, 0.717) is 17.4 Å². The van der Waals surface area contributed by atoms with Crippen LogP contribution in [0.1, 0.15) is 20.8 Å². The Morgan fingerprint density at radius 1 is 1.24 bits per heavy atom. The molecule has 0 aromatic heterocycles. The van der Waals surface area contributed by atoms with Crippen molar-refractivity contribution in [1.29, 1.82) is 0 Å². The zero-order chi connectivity index (χ0) is 12.7. The second-order valence-electron chi connectivity index (χ2n) is 5.15. The third-order valence-corrected chi connectivity index (χ3v) is 6.00. The van der Waals surface area contributed by atoms with Gasteiger partial charge in [0, 0.05) is 5.92 Å². The van der Waals surface area contributed by atoms with Gasteiger partial charge >= 0.3 is 0 Å². The predicted octanol–water partition coefficient (Wildman–Crippen LogP) is 2.27. The lowest BCUT2D eigenvalue weighted by molar-refractivity contribution is -0.121. The Morgan fingerprint density at radius 3 is 2.24 bits per heavy atom. The summed E-state index contributed by atoms with van der Waals surface area (Å²) in [7, 11) is -3.36. The summed E-state index contributed by atoms with van der Waals surface area (Å²) < 4.78 is 29.7. The van der Waals surface area contributed by atoms with Crippen LogP contribution in [0.15, 0.2) is 35.2 Å². The minimum atomic E-state index is -3.36. The molecule has 17 heavy (non-hydrogen) atoms. The van der Waals surface area contributed by atoms with Crippen LogP contribution in [-0.4, -0.2) is 25.9 Å². The van der Waals surface area contributed by atoms with Crippen molar-refractivity contribution in [2.75, 3.05) is 6.61 Å². The van der Waals surface area contributed by atoms with Gasteiger partial charge in [0.2, 0.25) is 0 Å². The first-order valence-corrected chi connectivity index (χ1v) is 7.27. The fourth-order valence-electron chi connectivity index (χ4n) is 2.33. The van der Waals surface area contributed by atoms with Gasteiger partial charge in [-0.15, -0.1) is 0 Å². The maximum Gasteiger partial charge on any atom is 0.186 e. The van der Waals surface area contributed by atoms with E-state index in [4.69, 9.17) is 4.74 Å². The summed E-state index contributed by atoms with van der Waals surface area (Å²) in [4.78, 5) is 0.368. The molecule has 0 amide bonds. The van der Waals surface area contributed by atoms with Crippen LogP contribution in [0.3, 0.4) is 0 Å². The molecule has 0 aliphatic carbocycles. The molecule has 1 aromatic carbocycles. The average molecular weight is 254 g/mol. The molecule has 0 bridgehead atoms. The van der Waals surface area contributed by atoms with Crippen molar-refractivity contribution in [3.8, 4) is 0 Å². The molecular weight excluding hydrogens is 236 g/mol. The van der Waals surface area contributed by atoms with Crippen LogP contribution < -0.4 is 0 Å². The summed E-state index contributed by atoms with van der Waals surface area (Å²) in [6.45, 7) is 6.17. The first-order valence-electron chi connectivity index (χ1n) is 5.78. The molecule has 0 spiro atoms. The van der Waals surface area contributed by atoms with Crippen LogP contribution in [0.5, 0.6) is 0 Å². The van der Waals surface area contributed by atoms with Gasteiger partial charge in [-0.1, -0.05) is 25.1 Å². The summed E-state index contributed by atoms with van der Waals surface area (Å²) in [5.41, 5.74) is 0. The SMILES string of the molecule is C[C@H]1CO[C@@H]1C(C)(C)S(=O)(=O)c1ccccc1. The van der Waals surface area contributed by atoms with E-state index in [1.807, 2.05) is 13.0 Å². The fourth-order valence-corrected chi connectivity index (χ4v) is 4.06. The van der Waals surface area contributed by atoms with Crippen LogP contribution in [0.2, 0.25) is 0 Å². The molecule has 1 aliphatic rings. The normalized spacial score (nSPS) is 25.4. The Balaban J connectivity index is 2.39. The summed E-state index contributed by atoms with van der Waals surface area (Å²) in [6, 6.07) is 8.58. The molecule has 4 heteroatoms. The van der Waals surface area contributed by atoms with E-state index in [2.05, 4.69) is 0 Å². The van der Waals surface area contributed by atoms with E-state index < -0.39 is 14.6 Å². The van der Waals surface area contributed by atoms with Gasteiger partial charge in [0.05, 0.1) is 22.4 Å². The Bertz CT molecular complexity index is 491. The minimum absolute atomic E-state index is 0.215. The summed E-state index contributed by atoms with van der Waals surface area (Å²) in [5.74, 6) is 0.295. The average Bonchev–Trinajstić information content (AvgIpc) is 2.27. The summed E-state index contributed by atoms with van der Waals surface area (Å²) in [5, 5.41) is 0. The largest absolute Gasteiger partial charge is 0.376 e. The Hall–Kier alpha value is -0.870. The molecule has 2 atom stereocenters. The highest BCUT2D eigenvalue weighted by atomic mass is 32.2. The maximum atomic E-state index is 12.6. The molecule has 0 unspecified atom stereocenters. The van der Waals surface area contributed by atoms with E-state index in [-0.39, 0.29) is 6.10 Å². The number of ether oxygens (including phenoxy) is 1. The van der Waals surface area contributed by atoms with Crippen molar-refractivity contribution in [3.05, 3.63) is 30.3 Å². The summed E-state index contributed by atoms with van der Waals surface area (Å²) >= 11 is 0. The van der Waals surface area contributed by atoms with Crippen LogP contribution in [0.25, 0.3) is 0 Å². The molecule has 1 aromatic rings. The highest BCUT2D eigenvalue weighted by molar-refractivity contribution is 7.92. The molecule has 3 nitrogen and oxygen atoms in total.